The average Bonchev–Trinajstić information content (AvgIpc) is 3.24. The highest BCUT2D eigenvalue weighted by Crippen LogP contribution is 2.31. The number of thiazole rings is 1. The van der Waals surface area contributed by atoms with Crippen LogP contribution in [0.5, 0.6) is 0 Å². The van der Waals surface area contributed by atoms with Gasteiger partial charge in [-0.05, 0) is 18.6 Å². The van der Waals surface area contributed by atoms with E-state index in [1.165, 1.54) is 22.2 Å². The molecule has 0 radical (unpaired) electrons. The van der Waals surface area contributed by atoms with Gasteiger partial charge in [0.2, 0.25) is 0 Å². The normalized spacial score (nSPS) is 10.8. The van der Waals surface area contributed by atoms with Crippen LogP contribution in [0.3, 0.4) is 0 Å². The first kappa shape index (κ1) is 17.2. The number of aromatic nitrogens is 2. The molecule has 0 aliphatic carbocycles. The molecule has 3 rings (SSSR count). The summed E-state index contributed by atoms with van der Waals surface area (Å²) in [5.41, 5.74) is 2.68. The summed E-state index contributed by atoms with van der Waals surface area (Å²) in [7, 11) is 1.70. The third-order valence-corrected chi connectivity index (χ3v) is 4.97. The number of aryl methyl sites for hydroxylation is 1. The Morgan fingerprint density at radius 1 is 1.40 bits per heavy atom. The SMILES string of the molecule is CCCn1c(-c2nc(C(=O)N(C)CCC#N)cs2)cc2ccccc21. The number of amides is 1. The van der Waals surface area contributed by atoms with Gasteiger partial charge in [0.1, 0.15) is 10.7 Å². The van der Waals surface area contributed by atoms with Gasteiger partial charge in [0.05, 0.1) is 18.2 Å². The summed E-state index contributed by atoms with van der Waals surface area (Å²) < 4.78 is 2.27. The maximum absolute atomic E-state index is 12.4. The number of para-hydroxylation sites is 1. The van der Waals surface area contributed by atoms with E-state index in [1.807, 2.05) is 12.1 Å². The minimum absolute atomic E-state index is 0.143. The lowest BCUT2D eigenvalue weighted by atomic mass is 10.2. The fraction of sp³-hybridized carbons (Fsp3) is 0.316. The quantitative estimate of drug-likeness (QED) is 0.669. The second-order valence-electron chi connectivity index (χ2n) is 5.91. The number of carbonyl (C=O) groups excluding carboxylic acids is 1. The Morgan fingerprint density at radius 3 is 2.96 bits per heavy atom. The number of hydrogen-bond donors (Lipinski definition) is 0. The monoisotopic (exact) mass is 352 g/mol. The van der Waals surface area contributed by atoms with Crippen LogP contribution in [-0.2, 0) is 6.54 Å². The maximum Gasteiger partial charge on any atom is 0.273 e. The van der Waals surface area contributed by atoms with Gasteiger partial charge >= 0.3 is 0 Å². The number of fused-ring (bicyclic) bond motifs is 1. The molecular weight excluding hydrogens is 332 g/mol. The van der Waals surface area contributed by atoms with Crippen molar-refractivity contribution in [2.75, 3.05) is 13.6 Å². The number of nitriles is 1. The molecule has 2 aromatic heterocycles. The van der Waals surface area contributed by atoms with Crippen molar-refractivity contribution in [3.63, 3.8) is 0 Å². The molecule has 0 spiro atoms. The van der Waals surface area contributed by atoms with E-state index in [0.29, 0.717) is 18.7 Å². The van der Waals surface area contributed by atoms with Crippen molar-refractivity contribution >= 4 is 28.1 Å². The molecule has 5 nitrogen and oxygen atoms in total. The molecule has 0 N–H and O–H groups in total. The molecule has 2 heterocycles. The highest BCUT2D eigenvalue weighted by Gasteiger charge is 2.18. The lowest BCUT2D eigenvalue weighted by molar-refractivity contribution is 0.0793. The van der Waals surface area contributed by atoms with Gasteiger partial charge in [0, 0.05) is 36.4 Å². The Bertz CT molecular complexity index is 934. The van der Waals surface area contributed by atoms with Gasteiger partial charge in [0.15, 0.2) is 0 Å². The Hall–Kier alpha value is -2.65. The average molecular weight is 352 g/mol. The van der Waals surface area contributed by atoms with E-state index in [0.717, 1.165) is 23.7 Å². The van der Waals surface area contributed by atoms with Crippen molar-refractivity contribution in [2.45, 2.75) is 26.3 Å². The summed E-state index contributed by atoms with van der Waals surface area (Å²) in [6.45, 7) is 3.48. The second-order valence-corrected chi connectivity index (χ2v) is 6.77. The number of rotatable bonds is 6. The fourth-order valence-corrected chi connectivity index (χ4v) is 3.67. The van der Waals surface area contributed by atoms with Gasteiger partial charge in [-0.2, -0.15) is 5.26 Å². The van der Waals surface area contributed by atoms with Crippen LogP contribution in [0.25, 0.3) is 21.6 Å². The topological polar surface area (TPSA) is 61.9 Å². The Morgan fingerprint density at radius 2 is 2.20 bits per heavy atom. The number of hydrogen-bond acceptors (Lipinski definition) is 4. The number of carbonyl (C=O) groups is 1. The summed E-state index contributed by atoms with van der Waals surface area (Å²) in [6, 6.07) is 12.5. The molecule has 6 heteroatoms. The van der Waals surface area contributed by atoms with Crippen molar-refractivity contribution in [2.24, 2.45) is 0 Å². The first-order chi connectivity index (χ1) is 12.2. The molecule has 0 atom stereocenters. The molecule has 3 aromatic rings. The zero-order valence-electron chi connectivity index (χ0n) is 14.4. The predicted molar refractivity (Wildman–Crippen MR) is 101 cm³/mol. The van der Waals surface area contributed by atoms with Crippen LogP contribution in [0.15, 0.2) is 35.7 Å². The third-order valence-electron chi connectivity index (χ3n) is 4.11. The summed E-state index contributed by atoms with van der Waals surface area (Å²) in [5, 5.41) is 12.5. The lowest BCUT2D eigenvalue weighted by Crippen LogP contribution is -2.27. The molecule has 0 unspecified atom stereocenters. The lowest BCUT2D eigenvalue weighted by Gasteiger charge is -2.13. The predicted octanol–water partition coefficient (Wildman–Crippen LogP) is 4.16. The second kappa shape index (κ2) is 7.49. The van der Waals surface area contributed by atoms with Crippen LogP contribution in [-0.4, -0.2) is 34.0 Å². The van der Waals surface area contributed by atoms with Crippen LogP contribution < -0.4 is 0 Å². The fourth-order valence-electron chi connectivity index (χ4n) is 2.86. The van der Waals surface area contributed by atoms with Crippen LogP contribution >= 0.6 is 11.3 Å². The van der Waals surface area contributed by atoms with Crippen molar-refractivity contribution in [1.29, 1.82) is 5.26 Å². The van der Waals surface area contributed by atoms with Crippen molar-refractivity contribution < 1.29 is 4.79 Å². The molecule has 0 fully saturated rings. The van der Waals surface area contributed by atoms with Gasteiger partial charge in [-0.15, -0.1) is 11.3 Å². The van der Waals surface area contributed by atoms with E-state index in [1.54, 1.807) is 17.3 Å². The smallest absolute Gasteiger partial charge is 0.273 e. The summed E-state index contributed by atoms with van der Waals surface area (Å²) in [4.78, 5) is 18.5. The zero-order valence-corrected chi connectivity index (χ0v) is 15.2. The molecule has 0 aliphatic heterocycles. The van der Waals surface area contributed by atoms with Crippen LogP contribution in [0, 0.1) is 11.3 Å². The summed E-state index contributed by atoms with van der Waals surface area (Å²) in [6.07, 6.45) is 1.35. The minimum Gasteiger partial charge on any atom is -0.339 e. The standard InChI is InChI=1S/C19H20N4OS/c1-3-10-23-16-8-5-4-7-14(16)12-17(23)18-21-15(13-25-18)19(24)22(2)11-6-9-20/h4-5,7-8,12-13H,3,6,10-11H2,1-2H3. The van der Waals surface area contributed by atoms with E-state index < -0.39 is 0 Å². The molecule has 0 saturated heterocycles. The molecule has 0 bridgehead atoms. The van der Waals surface area contributed by atoms with Crippen LogP contribution in [0.4, 0.5) is 0 Å². The Labute approximate surface area is 151 Å². The maximum atomic E-state index is 12.4. The number of benzene rings is 1. The van der Waals surface area contributed by atoms with Crippen molar-refractivity contribution in [3.8, 4) is 16.8 Å². The van der Waals surface area contributed by atoms with Crippen LogP contribution in [0.1, 0.15) is 30.3 Å². The summed E-state index contributed by atoms with van der Waals surface area (Å²) in [5.74, 6) is -0.143. The Balaban J connectivity index is 1.95. The highest BCUT2D eigenvalue weighted by atomic mass is 32.1. The van der Waals surface area contributed by atoms with Gasteiger partial charge < -0.3 is 9.47 Å². The van der Waals surface area contributed by atoms with E-state index in [2.05, 4.69) is 40.7 Å². The zero-order chi connectivity index (χ0) is 17.8. The van der Waals surface area contributed by atoms with Gasteiger partial charge in [-0.3, -0.25) is 4.79 Å². The molecule has 0 aliphatic rings. The van der Waals surface area contributed by atoms with E-state index in [-0.39, 0.29) is 5.91 Å². The van der Waals surface area contributed by atoms with Gasteiger partial charge in [0.25, 0.3) is 5.91 Å². The third kappa shape index (κ3) is 3.42. The minimum atomic E-state index is -0.143. The van der Waals surface area contributed by atoms with Crippen molar-refractivity contribution in [1.82, 2.24) is 14.5 Å². The largest absolute Gasteiger partial charge is 0.339 e. The molecular formula is C19H20N4OS. The van der Waals surface area contributed by atoms with Gasteiger partial charge in [-0.25, -0.2) is 4.98 Å². The Kier molecular flexibility index (Phi) is 5.15. The molecule has 1 amide bonds. The molecule has 25 heavy (non-hydrogen) atoms. The number of nitrogens with zero attached hydrogens (tertiary/aromatic N) is 4. The molecule has 0 saturated carbocycles. The summed E-state index contributed by atoms with van der Waals surface area (Å²) >= 11 is 1.48. The molecule has 1 aromatic carbocycles. The highest BCUT2D eigenvalue weighted by molar-refractivity contribution is 7.13. The van der Waals surface area contributed by atoms with E-state index in [4.69, 9.17) is 5.26 Å². The van der Waals surface area contributed by atoms with Crippen molar-refractivity contribution in [3.05, 3.63) is 41.4 Å². The van der Waals surface area contributed by atoms with Gasteiger partial charge in [-0.1, -0.05) is 25.1 Å². The first-order valence-electron chi connectivity index (χ1n) is 8.32. The van der Waals surface area contributed by atoms with Crippen LogP contribution in [0.2, 0.25) is 0 Å². The van der Waals surface area contributed by atoms with E-state index in [9.17, 15) is 4.79 Å². The molecule has 128 valence electrons. The first-order valence-corrected chi connectivity index (χ1v) is 9.20. The van der Waals surface area contributed by atoms with E-state index >= 15 is 0 Å².